The second-order valence-electron chi connectivity index (χ2n) is 7.48. The van der Waals surface area contributed by atoms with Crippen molar-refractivity contribution in [2.45, 2.75) is 32.1 Å². The molecule has 30 heavy (non-hydrogen) atoms. The number of aromatic amines is 1. The Bertz CT molecular complexity index is 1030. The maximum absolute atomic E-state index is 12.2. The normalized spacial score (nSPS) is 14.7. The number of carbonyl (C=O) groups is 2. The van der Waals surface area contributed by atoms with Crippen molar-refractivity contribution < 1.29 is 14.3 Å². The minimum Gasteiger partial charge on any atom is -0.362 e. The van der Waals surface area contributed by atoms with E-state index in [1.54, 1.807) is 11.9 Å². The smallest absolute Gasteiger partial charge is 0.332 e. The first kappa shape index (κ1) is 21.8. The number of imidazole rings is 1. The van der Waals surface area contributed by atoms with Crippen LogP contribution in [-0.2, 0) is 34.8 Å². The number of H-pyrrole nitrogens is 1. The Labute approximate surface area is 173 Å². The van der Waals surface area contributed by atoms with E-state index < -0.39 is 11.2 Å². The molecule has 0 aliphatic carbocycles. The third-order valence-electron chi connectivity index (χ3n) is 5.25. The van der Waals surface area contributed by atoms with Crippen molar-refractivity contribution in [3.63, 3.8) is 0 Å². The summed E-state index contributed by atoms with van der Waals surface area (Å²) in [7, 11) is 2.95. The summed E-state index contributed by atoms with van der Waals surface area (Å²) < 4.78 is 7.56. The number of nitrogens with one attached hydrogen (secondary N) is 2. The highest BCUT2D eigenvalue weighted by molar-refractivity contribution is 5.79. The second-order valence-corrected chi connectivity index (χ2v) is 7.48. The van der Waals surface area contributed by atoms with E-state index in [0.29, 0.717) is 12.2 Å². The molecule has 1 saturated heterocycles. The van der Waals surface area contributed by atoms with Gasteiger partial charge < -0.3 is 19.9 Å². The summed E-state index contributed by atoms with van der Waals surface area (Å²) in [5.41, 5.74) is -0.375. The molecule has 0 saturated carbocycles. The molecule has 0 aromatic carbocycles. The molecule has 11 nitrogen and oxygen atoms in total. The van der Waals surface area contributed by atoms with Crippen molar-refractivity contribution in [2.75, 3.05) is 32.8 Å². The monoisotopic (exact) mass is 420 g/mol. The van der Waals surface area contributed by atoms with Gasteiger partial charge in [0.25, 0.3) is 5.56 Å². The van der Waals surface area contributed by atoms with Crippen molar-refractivity contribution in [1.29, 1.82) is 0 Å². The Kier molecular flexibility index (Phi) is 7.03. The number of hydrogen-bond acceptors (Lipinski definition) is 6. The van der Waals surface area contributed by atoms with E-state index in [0.717, 1.165) is 43.3 Å². The molecular weight excluding hydrogens is 392 g/mol. The van der Waals surface area contributed by atoms with Gasteiger partial charge in [-0.1, -0.05) is 12.8 Å². The SMILES string of the molecule is Cn1c(=O)c2[nH]c(CCNC(=O)COCC(=O)N3CCCCCC3)nc2n(C)c1=O. The average molecular weight is 420 g/mol. The van der Waals surface area contributed by atoms with Crippen molar-refractivity contribution in [3.05, 3.63) is 26.7 Å². The number of fused-ring (bicyclic) bond motifs is 1. The minimum atomic E-state index is -0.453. The summed E-state index contributed by atoms with van der Waals surface area (Å²) in [6.45, 7) is 1.47. The first-order chi connectivity index (χ1) is 14.4. The molecule has 11 heteroatoms. The predicted molar refractivity (Wildman–Crippen MR) is 109 cm³/mol. The standard InChI is InChI=1S/C19H28N6O5/c1-23-17-16(18(28)24(2)19(23)29)21-13(22-17)7-8-20-14(26)11-30-12-15(27)25-9-5-3-4-6-10-25/h3-12H2,1-2H3,(H,20,26)(H,21,22). The number of ether oxygens (including phenoxy) is 1. The van der Waals surface area contributed by atoms with Gasteiger partial charge in [-0.05, 0) is 12.8 Å². The number of aryl methyl sites for hydroxylation is 1. The predicted octanol–water partition coefficient (Wildman–Crippen LogP) is -0.962. The molecule has 3 heterocycles. The van der Waals surface area contributed by atoms with Crippen LogP contribution in [-0.4, -0.2) is 68.7 Å². The van der Waals surface area contributed by atoms with E-state index in [1.165, 1.54) is 11.6 Å². The van der Waals surface area contributed by atoms with Crippen LogP contribution in [0.15, 0.2) is 9.59 Å². The first-order valence-corrected chi connectivity index (χ1v) is 10.2. The van der Waals surface area contributed by atoms with Gasteiger partial charge in [-0.3, -0.25) is 23.5 Å². The molecule has 1 aliphatic rings. The van der Waals surface area contributed by atoms with Gasteiger partial charge in [0.2, 0.25) is 11.8 Å². The van der Waals surface area contributed by atoms with E-state index >= 15 is 0 Å². The van der Waals surface area contributed by atoms with Gasteiger partial charge in [0, 0.05) is 40.2 Å². The number of rotatable bonds is 7. The minimum absolute atomic E-state index is 0.0841. The zero-order valence-electron chi connectivity index (χ0n) is 17.4. The maximum atomic E-state index is 12.2. The van der Waals surface area contributed by atoms with Crippen molar-refractivity contribution >= 4 is 23.0 Å². The first-order valence-electron chi connectivity index (χ1n) is 10.2. The molecular formula is C19H28N6O5. The van der Waals surface area contributed by atoms with Gasteiger partial charge in [0.05, 0.1) is 0 Å². The molecule has 0 unspecified atom stereocenters. The number of carbonyl (C=O) groups excluding carboxylic acids is 2. The molecule has 2 aromatic heterocycles. The van der Waals surface area contributed by atoms with Crippen LogP contribution in [0.1, 0.15) is 31.5 Å². The molecule has 164 valence electrons. The fourth-order valence-electron chi connectivity index (χ4n) is 3.51. The average Bonchev–Trinajstić information content (AvgIpc) is 2.96. The summed E-state index contributed by atoms with van der Waals surface area (Å²) in [6, 6.07) is 0. The van der Waals surface area contributed by atoms with Crippen LogP contribution in [0.25, 0.3) is 11.2 Å². The topological polar surface area (TPSA) is 131 Å². The van der Waals surface area contributed by atoms with Crippen molar-refractivity contribution in [1.82, 2.24) is 29.3 Å². The lowest BCUT2D eigenvalue weighted by atomic mass is 10.2. The lowest BCUT2D eigenvalue weighted by Crippen LogP contribution is -2.36. The number of nitrogens with zero attached hydrogens (tertiary/aromatic N) is 4. The molecule has 0 bridgehead atoms. The Hall–Kier alpha value is -2.95. The molecule has 2 N–H and O–H groups in total. The van der Waals surface area contributed by atoms with Gasteiger partial charge in [0.15, 0.2) is 5.65 Å². The van der Waals surface area contributed by atoms with Crippen molar-refractivity contribution in [2.24, 2.45) is 14.1 Å². The van der Waals surface area contributed by atoms with E-state index in [1.807, 2.05) is 0 Å². The summed E-state index contributed by atoms with van der Waals surface area (Å²) in [5, 5.41) is 2.69. The third kappa shape index (κ3) is 4.96. The molecule has 2 amide bonds. The summed E-state index contributed by atoms with van der Waals surface area (Å²) in [4.78, 5) is 57.2. The number of aromatic nitrogens is 4. The summed E-state index contributed by atoms with van der Waals surface area (Å²) in [6.07, 6.45) is 4.65. The Balaban J connectivity index is 1.44. The number of likely N-dealkylation sites (tertiary alicyclic amines) is 1. The Morgan fingerprint density at radius 1 is 1.07 bits per heavy atom. The summed E-state index contributed by atoms with van der Waals surface area (Å²) in [5.74, 6) is 0.0677. The fourth-order valence-corrected chi connectivity index (χ4v) is 3.51. The second kappa shape index (κ2) is 9.70. The van der Waals surface area contributed by atoms with Crippen molar-refractivity contribution in [3.8, 4) is 0 Å². The van der Waals surface area contributed by atoms with Crippen LogP contribution in [0, 0.1) is 0 Å². The molecule has 2 aromatic rings. The number of hydrogen-bond donors (Lipinski definition) is 2. The molecule has 0 radical (unpaired) electrons. The van der Waals surface area contributed by atoms with Crippen LogP contribution >= 0.6 is 0 Å². The van der Waals surface area contributed by atoms with Crippen LogP contribution < -0.4 is 16.6 Å². The van der Waals surface area contributed by atoms with Gasteiger partial charge in [-0.15, -0.1) is 0 Å². The van der Waals surface area contributed by atoms with Crippen LogP contribution in [0.5, 0.6) is 0 Å². The van der Waals surface area contributed by atoms with E-state index in [-0.39, 0.29) is 42.7 Å². The zero-order valence-corrected chi connectivity index (χ0v) is 17.4. The highest BCUT2D eigenvalue weighted by Crippen LogP contribution is 2.09. The van der Waals surface area contributed by atoms with Crippen LogP contribution in [0.2, 0.25) is 0 Å². The largest absolute Gasteiger partial charge is 0.362 e. The highest BCUT2D eigenvalue weighted by Gasteiger charge is 2.16. The van der Waals surface area contributed by atoms with E-state index in [9.17, 15) is 19.2 Å². The molecule has 0 atom stereocenters. The Morgan fingerprint density at radius 3 is 2.47 bits per heavy atom. The lowest BCUT2D eigenvalue weighted by molar-refractivity contribution is -0.138. The van der Waals surface area contributed by atoms with E-state index in [2.05, 4.69) is 15.3 Å². The van der Waals surface area contributed by atoms with Gasteiger partial charge in [0.1, 0.15) is 24.6 Å². The summed E-state index contributed by atoms with van der Waals surface area (Å²) >= 11 is 0. The van der Waals surface area contributed by atoms with Gasteiger partial charge in [-0.2, -0.15) is 0 Å². The Morgan fingerprint density at radius 2 is 1.77 bits per heavy atom. The molecule has 1 aliphatic heterocycles. The van der Waals surface area contributed by atoms with Gasteiger partial charge in [-0.25, -0.2) is 9.78 Å². The molecule has 3 rings (SSSR count). The fraction of sp³-hybridized carbons (Fsp3) is 0.632. The maximum Gasteiger partial charge on any atom is 0.332 e. The lowest BCUT2D eigenvalue weighted by Gasteiger charge is -2.19. The van der Waals surface area contributed by atoms with Gasteiger partial charge >= 0.3 is 5.69 Å². The molecule has 0 spiro atoms. The zero-order chi connectivity index (χ0) is 21.7. The highest BCUT2D eigenvalue weighted by atomic mass is 16.5. The quantitative estimate of drug-likeness (QED) is 0.593. The van der Waals surface area contributed by atoms with Crippen LogP contribution in [0.3, 0.4) is 0 Å². The van der Waals surface area contributed by atoms with E-state index in [4.69, 9.17) is 4.74 Å². The molecule has 1 fully saturated rings. The third-order valence-corrected chi connectivity index (χ3v) is 5.25. The van der Waals surface area contributed by atoms with Crippen LogP contribution in [0.4, 0.5) is 0 Å². The number of amides is 2.